The minimum Gasteiger partial charge on any atom is -0.492 e. The Labute approximate surface area is 194 Å². The largest absolute Gasteiger partial charge is 0.492 e. The van der Waals surface area contributed by atoms with Crippen LogP contribution in [0.3, 0.4) is 0 Å². The number of nitrogens with zero attached hydrogens (tertiary/aromatic N) is 1. The lowest BCUT2D eigenvalue weighted by molar-refractivity contribution is -0.118. The zero-order valence-electron chi connectivity index (χ0n) is 19.8. The lowest BCUT2D eigenvalue weighted by Crippen LogP contribution is -2.45. The van der Waals surface area contributed by atoms with Gasteiger partial charge in [0.2, 0.25) is 5.91 Å². The van der Waals surface area contributed by atoms with E-state index in [2.05, 4.69) is 15.6 Å². The quantitative estimate of drug-likeness (QED) is 0.649. The number of aryl methyl sites for hydroxylation is 1. The molecule has 1 aromatic heterocycles. The van der Waals surface area contributed by atoms with Crippen LogP contribution in [-0.2, 0) is 14.9 Å². The molecule has 2 aromatic rings. The summed E-state index contributed by atoms with van der Waals surface area (Å²) in [6.45, 7) is 9.87. The third-order valence-corrected chi connectivity index (χ3v) is 5.82. The summed E-state index contributed by atoms with van der Waals surface area (Å²) in [6, 6.07) is 6.67. The number of ether oxygens (including phenoxy) is 3. The molecular weight excluding hydrogens is 422 g/mol. The highest BCUT2D eigenvalue weighted by Crippen LogP contribution is 2.59. The maximum absolute atomic E-state index is 12.6. The summed E-state index contributed by atoms with van der Waals surface area (Å²) in [4.78, 5) is 28.9. The maximum Gasteiger partial charge on any atom is 0.408 e. The fourth-order valence-electron chi connectivity index (χ4n) is 3.93. The van der Waals surface area contributed by atoms with Crippen molar-refractivity contribution in [3.8, 4) is 17.2 Å². The molecular formula is C25H31N3O5. The fourth-order valence-corrected chi connectivity index (χ4v) is 3.93. The van der Waals surface area contributed by atoms with E-state index in [9.17, 15) is 9.59 Å². The third kappa shape index (κ3) is 5.05. The SMILES string of the molecule is CCC(NC(=O)OC(C)(C)C)C(=O)Nc1ccc(Oc2ccc(C)c3c2C2(CC2)CO3)cn1. The zero-order chi connectivity index (χ0) is 23.8. The molecule has 1 spiro atoms. The Hall–Kier alpha value is -3.29. The summed E-state index contributed by atoms with van der Waals surface area (Å²) in [6.07, 6.45) is 3.57. The van der Waals surface area contributed by atoms with E-state index in [4.69, 9.17) is 14.2 Å². The van der Waals surface area contributed by atoms with Crippen molar-refractivity contribution >= 4 is 17.8 Å². The van der Waals surface area contributed by atoms with Crippen LogP contribution >= 0.6 is 0 Å². The summed E-state index contributed by atoms with van der Waals surface area (Å²) in [5.41, 5.74) is 1.72. The topological polar surface area (TPSA) is 98.8 Å². The predicted octanol–water partition coefficient (Wildman–Crippen LogP) is 4.85. The molecule has 1 saturated carbocycles. The molecule has 8 nitrogen and oxygen atoms in total. The molecule has 176 valence electrons. The lowest BCUT2D eigenvalue weighted by atomic mass is 9.95. The van der Waals surface area contributed by atoms with Crippen LogP contribution in [0.4, 0.5) is 10.6 Å². The highest BCUT2D eigenvalue weighted by atomic mass is 16.6. The van der Waals surface area contributed by atoms with Crippen LogP contribution in [0.15, 0.2) is 30.5 Å². The number of aromatic nitrogens is 1. The van der Waals surface area contributed by atoms with Crippen LogP contribution in [0.1, 0.15) is 58.1 Å². The standard InChI is InChI=1S/C25H31N3O5/c1-6-17(27-23(30)33-24(3,4)5)22(29)28-19-10-8-16(13-26-19)32-18-9-7-15(2)21-20(18)25(11-12-25)14-31-21/h7-10,13,17H,6,11-12,14H2,1-5H3,(H,27,30)(H,26,28,29). The maximum atomic E-state index is 12.6. The average molecular weight is 454 g/mol. The minimum absolute atomic E-state index is 0.0916. The molecule has 0 radical (unpaired) electrons. The number of pyridine rings is 1. The Morgan fingerprint density at radius 2 is 1.97 bits per heavy atom. The van der Waals surface area contributed by atoms with E-state index in [0.29, 0.717) is 24.6 Å². The number of hydrogen-bond acceptors (Lipinski definition) is 6. The number of carbonyl (C=O) groups excluding carboxylic acids is 2. The molecule has 0 saturated heterocycles. The summed E-state index contributed by atoms with van der Waals surface area (Å²) in [5, 5.41) is 5.32. The van der Waals surface area contributed by atoms with E-state index in [-0.39, 0.29) is 11.3 Å². The van der Waals surface area contributed by atoms with Crippen molar-refractivity contribution in [2.75, 3.05) is 11.9 Å². The molecule has 1 unspecified atom stereocenters. The van der Waals surface area contributed by atoms with E-state index in [1.807, 2.05) is 26.0 Å². The van der Waals surface area contributed by atoms with E-state index < -0.39 is 17.7 Å². The molecule has 2 aliphatic rings. The van der Waals surface area contributed by atoms with Crippen LogP contribution in [0, 0.1) is 6.92 Å². The molecule has 33 heavy (non-hydrogen) atoms. The van der Waals surface area contributed by atoms with E-state index >= 15 is 0 Å². The molecule has 1 fully saturated rings. The summed E-state index contributed by atoms with van der Waals surface area (Å²) >= 11 is 0. The van der Waals surface area contributed by atoms with Crippen molar-refractivity contribution < 1.29 is 23.8 Å². The lowest BCUT2D eigenvalue weighted by Gasteiger charge is -2.22. The van der Waals surface area contributed by atoms with Gasteiger partial charge in [0.05, 0.1) is 12.8 Å². The first-order chi connectivity index (χ1) is 15.6. The van der Waals surface area contributed by atoms with Gasteiger partial charge in [-0.1, -0.05) is 13.0 Å². The average Bonchev–Trinajstić information content (AvgIpc) is 3.42. The number of anilines is 1. The first-order valence-corrected chi connectivity index (χ1v) is 11.3. The van der Waals surface area contributed by atoms with Crippen molar-refractivity contribution in [3.63, 3.8) is 0 Å². The van der Waals surface area contributed by atoms with E-state index in [1.165, 1.54) is 0 Å². The number of hydrogen-bond donors (Lipinski definition) is 2. The van der Waals surface area contributed by atoms with Crippen molar-refractivity contribution in [3.05, 3.63) is 41.6 Å². The van der Waals surface area contributed by atoms with E-state index in [0.717, 1.165) is 35.5 Å². The van der Waals surface area contributed by atoms with Gasteiger partial charge in [0.15, 0.2) is 0 Å². The Morgan fingerprint density at radius 3 is 2.58 bits per heavy atom. The molecule has 2 amide bonds. The van der Waals surface area contributed by atoms with Crippen molar-refractivity contribution in [2.24, 2.45) is 0 Å². The minimum atomic E-state index is -0.734. The van der Waals surface area contributed by atoms with Crippen molar-refractivity contribution in [1.29, 1.82) is 0 Å². The number of rotatable bonds is 6. The number of alkyl carbamates (subject to hydrolysis) is 1. The number of benzene rings is 1. The van der Waals surface area contributed by atoms with Crippen molar-refractivity contribution in [2.45, 2.75) is 70.9 Å². The molecule has 0 bridgehead atoms. The third-order valence-electron chi connectivity index (χ3n) is 5.82. The Balaban J connectivity index is 1.40. The number of amides is 2. The second-order valence-electron chi connectivity index (χ2n) is 9.73. The zero-order valence-corrected chi connectivity index (χ0v) is 19.8. The molecule has 1 aliphatic heterocycles. The normalized spacial score (nSPS) is 16.4. The Bertz CT molecular complexity index is 1050. The Kier molecular flexibility index (Phi) is 5.95. The number of nitrogens with one attached hydrogen (secondary N) is 2. The Morgan fingerprint density at radius 1 is 1.21 bits per heavy atom. The molecule has 2 heterocycles. The van der Waals surface area contributed by atoms with Gasteiger partial charge in [-0.2, -0.15) is 0 Å². The molecule has 4 rings (SSSR count). The first-order valence-electron chi connectivity index (χ1n) is 11.3. The van der Waals surface area contributed by atoms with E-state index in [1.54, 1.807) is 39.1 Å². The van der Waals surface area contributed by atoms with Gasteiger partial charge in [0.25, 0.3) is 0 Å². The van der Waals surface area contributed by atoms with Gasteiger partial charge >= 0.3 is 6.09 Å². The number of carbonyl (C=O) groups is 2. The molecule has 1 atom stereocenters. The molecule has 2 N–H and O–H groups in total. The summed E-state index contributed by atoms with van der Waals surface area (Å²) in [7, 11) is 0. The van der Waals surface area contributed by atoms with Crippen LogP contribution in [0.5, 0.6) is 17.2 Å². The van der Waals surface area contributed by atoms with Crippen LogP contribution in [0.2, 0.25) is 0 Å². The van der Waals surface area contributed by atoms with Gasteiger partial charge in [-0.3, -0.25) is 4.79 Å². The van der Waals surface area contributed by atoms with Crippen LogP contribution < -0.4 is 20.1 Å². The van der Waals surface area contributed by atoms with Crippen molar-refractivity contribution in [1.82, 2.24) is 10.3 Å². The van der Waals surface area contributed by atoms with Gasteiger partial charge in [-0.15, -0.1) is 0 Å². The second kappa shape index (κ2) is 8.57. The smallest absolute Gasteiger partial charge is 0.408 e. The van der Waals surface area contributed by atoms with Crippen LogP contribution in [-0.4, -0.2) is 35.2 Å². The summed E-state index contributed by atoms with van der Waals surface area (Å²) in [5.74, 6) is 2.30. The first kappa shape index (κ1) is 22.9. The van der Waals surface area contributed by atoms with Crippen LogP contribution in [0.25, 0.3) is 0 Å². The molecule has 1 aliphatic carbocycles. The molecule has 8 heteroatoms. The fraction of sp³-hybridized carbons (Fsp3) is 0.480. The highest BCUT2D eigenvalue weighted by molar-refractivity contribution is 5.95. The summed E-state index contributed by atoms with van der Waals surface area (Å²) < 4.78 is 17.3. The monoisotopic (exact) mass is 453 g/mol. The van der Waals surface area contributed by atoms with Gasteiger partial charge < -0.3 is 24.8 Å². The molecule has 1 aromatic carbocycles. The predicted molar refractivity (Wildman–Crippen MR) is 124 cm³/mol. The second-order valence-corrected chi connectivity index (χ2v) is 9.73. The number of fused-ring (bicyclic) bond motifs is 2. The van der Waals surface area contributed by atoms with Gasteiger partial charge in [-0.05, 0) is 70.7 Å². The highest BCUT2D eigenvalue weighted by Gasteiger charge is 2.53. The van der Waals surface area contributed by atoms with Gasteiger partial charge in [0, 0.05) is 11.0 Å². The van der Waals surface area contributed by atoms with Gasteiger partial charge in [0.1, 0.15) is 34.7 Å². The van der Waals surface area contributed by atoms with Gasteiger partial charge in [-0.25, -0.2) is 9.78 Å².